The van der Waals surface area contributed by atoms with Gasteiger partial charge in [0.2, 0.25) is 0 Å². The maximum atomic E-state index is 5.07. The molecule has 274 valence electrons. The van der Waals surface area contributed by atoms with Gasteiger partial charge in [-0.25, -0.2) is 0 Å². The van der Waals surface area contributed by atoms with Gasteiger partial charge in [-0.15, -0.1) is 9.24 Å². The summed E-state index contributed by atoms with van der Waals surface area (Å²) in [6.45, 7) is 0. The number of rotatable bonds is 9. The summed E-state index contributed by atoms with van der Waals surface area (Å²) in [6.07, 6.45) is 30.4. The van der Waals surface area contributed by atoms with Crippen molar-refractivity contribution in [1.82, 2.24) is 19.9 Å². The highest BCUT2D eigenvalue weighted by Crippen LogP contribution is 2.80. The minimum atomic E-state index is -0.722. The maximum absolute atomic E-state index is 5.07. The average molecular weight is 747 g/mol. The van der Waals surface area contributed by atoms with Crippen LogP contribution in [-0.4, -0.2) is 30.2 Å². The molecule has 6 heteroatoms. The van der Waals surface area contributed by atoms with Crippen LogP contribution in [0.25, 0.3) is 22.3 Å². The molecule has 1 unspecified atom stereocenters. The molecule has 54 heavy (non-hydrogen) atoms. The normalized spacial score (nSPS) is 32.5. The lowest BCUT2D eigenvalue weighted by atomic mass is 9.55. The fraction of sp³-hybridized carbons (Fsp3) is 0.458. The van der Waals surface area contributed by atoms with Gasteiger partial charge in [-0.3, -0.25) is 19.9 Å². The van der Waals surface area contributed by atoms with Gasteiger partial charge in [0, 0.05) is 24.8 Å². The molecule has 3 aromatic carbocycles. The van der Waals surface area contributed by atoms with Gasteiger partial charge in [0.25, 0.3) is 0 Å². The first-order valence-corrected chi connectivity index (χ1v) is 22.9. The summed E-state index contributed by atoms with van der Waals surface area (Å²) in [5, 5.41) is 0.307. The molecule has 5 aromatic rings. The molecule has 13 rings (SSSR count). The summed E-state index contributed by atoms with van der Waals surface area (Å²) in [5.74, 6) is 5.72. The fourth-order valence-electron chi connectivity index (χ4n) is 14.1. The van der Waals surface area contributed by atoms with Gasteiger partial charge >= 0.3 is 0 Å². The molecule has 8 saturated carbocycles. The molecule has 2 aromatic heterocycles. The molecule has 8 aliphatic rings. The van der Waals surface area contributed by atoms with E-state index in [1.807, 2.05) is 24.8 Å². The first-order valence-electron chi connectivity index (χ1n) is 20.8. The van der Waals surface area contributed by atoms with E-state index in [2.05, 4.69) is 92.0 Å². The number of aromatic nitrogens is 4. The van der Waals surface area contributed by atoms with E-state index >= 15 is 0 Å². The molecule has 0 saturated heterocycles. The molecule has 1 atom stereocenters. The summed E-state index contributed by atoms with van der Waals surface area (Å²) in [5.41, 5.74) is 9.71. The second kappa shape index (κ2) is 13.1. The van der Waals surface area contributed by atoms with Crippen molar-refractivity contribution in [1.29, 1.82) is 0 Å². The minimum Gasteiger partial charge on any atom is -0.261 e. The molecule has 0 radical (unpaired) electrons. The van der Waals surface area contributed by atoms with Gasteiger partial charge in [0.1, 0.15) is 0 Å². The van der Waals surface area contributed by atoms with E-state index in [1.165, 1.54) is 117 Å². The third kappa shape index (κ3) is 5.59. The molecule has 8 aliphatic carbocycles. The molecular formula is C48H52N4P2. The van der Waals surface area contributed by atoms with Crippen molar-refractivity contribution in [2.75, 3.05) is 0 Å². The highest BCUT2D eigenvalue weighted by atomic mass is 31.1. The average Bonchev–Trinajstić information content (AvgIpc) is 3.19. The molecular weight excluding hydrogens is 695 g/mol. The van der Waals surface area contributed by atoms with E-state index in [-0.39, 0.29) is 7.92 Å². The van der Waals surface area contributed by atoms with Gasteiger partial charge in [-0.2, -0.15) is 0 Å². The first kappa shape index (κ1) is 34.0. The minimum absolute atomic E-state index is 0.313. The smallest absolute Gasteiger partial charge is 0.0967 e. The standard InChI is InChI=1S/C48H52N4P2/c53-48(44-29-49-11-13-51-44,45-30-50-12-14-52-45)43-22-42(39-9-5-2-6-10-39)41(38-7-3-1-4-8-38)21-40(43)31-54(46-23-32-15-33(24-46)17-34(16-32)25-46)47-26-35-18-36(27-47)20-37(19-35)28-47/h1-14,21-22,29-30,32-37H,15-20,23-28,31,53H2. The molecule has 0 spiro atoms. The van der Waals surface area contributed by atoms with Crippen molar-refractivity contribution in [3.63, 3.8) is 0 Å². The predicted molar refractivity (Wildman–Crippen MR) is 223 cm³/mol. The van der Waals surface area contributed by atoms with Crippen LogP contribution in [0.5, 0.6) is 0 Å². The van der Waals surface area contributed by atoms with Crippen LogP contribution < -0.4 is 0 Å². The van der Waals surface area contributed by atoms with Crippen molar-refractivity contribution in [3.8, 4) is 22.3 Å². The maximum Gasteiger partial charge on any atom is 0.0967 e. The SMILES string of the molecule is PC(c1cnccn1)(c1cnccn1)c1cc(-c2ccccc2)c(-c2ccccc2)cc1CP(C12CC3CC(CC(C3)C1)C2)C12CC3CC(CC(C3)C1)C2. The lowest BCUT2D eigenvalue weighted by molar-refractivity contribution is 0.0184. The highest BCUT2D eigenvalue weighted by molar-refractivity contribution is 7.60. The Kier molecular flexibility index (Phi) is 8.26. The summed E-state index contributed by atoms with van der Waals surface area (Å²) in [7, 11) is 2.98. The van der Waals surface area contributed by atoms with Crippen LogP contribution in [0.15, 0.2) is 110 Å². The number of benzene rings is 3. The van der Waals surface area contributed by atoms with E-state index in [9.17, 15) is 0 Å². The summed E-state index contributed by atoms with van der Waals surface area (Å²) in [6, 6.07) is 27.4. The number of hydrogen-bond acceptors (Lipinski definition) is 4. The van der Waals surface area contributed by atoms with Crippen LogP contribution >= 0.6 is 17.2 Å². The Balaban J connectivity index is 1.17. The molecule has 8 bridgehead atoms. The summed E-state index contributed by atoms with van der Waals surface area (Å²) < 4.78 is 0. The fourth-order valence-corrected chi connectivity index (χ4v) is 19.8. The molecule has 0 N–H and O–H groups in total. The third-order valence-electron chi connectivity index (χ3n) is 15.3. The van der Waals surface area contributed by atoms with Crippen LogP contribution in [0.1, 0.15) is 99.6 Å². The zero-order valence-electron chi connectivity index (χ0n) is 31.4. The van der Waals surface area contributed by atoms with Crippen LogP contribution in [-0.2, 0) is 11.3 Å². The van der Waals surface area contributed by atoms with Crippen molar-refractivity contribution in [2.24, 2.45) is 35.5 Å². The zero-order valence-corrected chi connectivity index (χ0v) is 33.4. The monoisotopic (exact) mass is 746 g/mol. The molecule has 8 fully saturated rings. The second-order valence-electron chi connectivity index (χ2n) is 18.6. The van der Waals surface area contributed by atoms with Crippen molar-refractivity contribution < 1.29 is 0 Å². The second-order valence-corrected chi connectivity index (χ2v) is 22.6. The number of hydrogen-bond donors (Lipinski definition) is 0. The largest absolute Gasteiger partial charge is 0.261 e. The van der Waals surface area contributed by atoms with Crippen LogP contribution in [0.3, 0.4) is 0 Å². The quantitative estimate of drug-likeness (QED) is 0.141. The first-order chi connectivity index (χ1) is 26.5. The van der Waals surface area contributed by atoms with Crippen molar-refractivity contribution >= 4 is 17.2 Å². The lowest BCUT2D eigenvalue weighted by Gasteiger charge is -2.67. The van der Waals surface area contributed by atoms with Crippen molar-refractivity contribution in [2.45, 2.75) is 98.7 Å². The topological polar surface area (TPSA) is 51.6 Å². The van der Waals surface area contributed by atoms with Gasteiger partial charge < -0.3 is 0 Å². The zero-order chi connectivity index (χ0) is 35.9. The Hall–Kier alpha value is -3.32. The van der Waals surface area contributed by atoms with E-state index in [0.29, 0.717) is 10.3 Å². The Morgan fingerprint density at radius 2 is 0.963 bits per heavy atom. The highest BCUT2D eigenvalue weighted by Gasteiger charge is 2.62. The van der Waals surface area contributed by atoms with Gasteiger partial charge in [-0.1, -0.05) is 68.6 Å². The predicted octanol–water partition coefficient (Wildman–Crippen LogP) is 11.7. The molecule has 0 amide bonds. The summed E-state index contributed by atoms with van der Waals surface area (Å²) in [4.78, 5) is 19.5. The van der Waals surface area contributed by atoms with E-state index in [1.54, 1.807) is 12.4 Å². The number of nitrogens with zero attached hydrogens (tertiary/aromatic N) is 4. The Bertz CT molecular complexity index is 1990. The van der Waals surface area contributed by atoms with E-state index in [0.717, 1.165) is 46.9 Å². The van der Waals surface area contributed by atoms with Gasteiger partial charge in [-0.05, 0) is 175 Å². The Morgan fingerprint density at radius 1 is 0.556 bits per heavy atom. The Labute approximate surface area is 324 Å². The summed E-state index contributed by atoms with van der Waals surface area (Å²) >= 11 is 0. The van der Waals surface area contributed by atoms with E-state index in [4.69, 9.17) is 9.97 Å². The molecule has 4 nitrogen and oxygen atoms in total. The molecule has 2 heterocycles. The lowest BCUT2D eigenvalue weighted by Crippen LogP contribution is -2.56. The van der Waals surface area contributed by atoms with Crippen molar-refractivity contribution in [3.05, 3.63) is 132 Å². The van der Waals surface area contributed by atoms with Crippen LogP contribution in [0.2, 0.25) is 0 Å². The molecule has 0 aliphatic heterocycles. The van der Waals surface area contributed by atoms with Gasteiger partial charge in [0.05, 0.1) is 28.9 Å². The van der Waals surface area contributed by atoms with Crippen LogP contribution in [0.4, 0.5) is 0 Å². The van der Waals surface area contributed by atoms with Crippen LogP contribution in [0, 0.1) is 35.5 Å². The third-order valence-corrected chi connectivity index (χ3v) is 20.2. The Morgan fingerprint density at radius 3 is 1.35 bits per heavy atom. The van der Waals surface area contributed by atoms with Gasteiger partial charge in [0.15, 0.2) is 0 Å². The van der Waals surface area contributed by atoms with E-state index < -0.39 is 5.16 Å².